The van der Waals surface area contributed by atoms with Crippen LogP contribution in [0.25, 0.3) is 10.9 Å². The van der Waals surface area contributed by atoms with Crippen LogP contribution in [0, 0.1) is 11.5 Å². The zero-order valence-electron chi connectivity index (χ0n) is 9.58. The number of amidine groups is 1. The Morgan fingerprint density at radius 3 is 3.06 bits per heavy atom. The summed E-state index contributed by atoms with van der Waals surface area (Å²) in [4.78, 5) is 8.44. The highest BCUT2D eigenvalue weighted by Crippen LogP contribution is 2.34. The maximum atomic E-state index is 9.87. The third-order valence-corrected chi connectivity index (χ3v) is 2.88. The van der Waals surface area contributed by atoms with Crippen molar-refractivity contribution >= 4 is 33.5 Å². The van der Waals surface area contributed by atoms with Crippen molar-refractivity contribution in [2.24, 2.45) is 4.99 Å². The lowest BCUT2D eigenvalue weighted by Gasteiger charge is -2.05. The smallest absolute Gasteiger partial charge is 0.183 e. The molecule has 0 unspecified atom stereocenters. The molecule has 1 aromatic carbocycles. The summed E-state index contributed by atoms with van der Waals surface area (Å²) in [5.41, 5.74) is 1.15. The fraction of sp³-hybridized carbons (Fsp3) is 0.0833. The maximum absolute atomic E-state index is 9.87. The highest BCUT2D eigenvalue weighted by molar-refractivity contribution is 8.13. The van der Waals surface area contributed by atoms with Crippen LogP contribution in [0.1, 0.15) is 0 Å². The first-order valence-corrected chi connectivity index (χ1v) is 6.33. The molecule has 0 saturated heterocycles. The van der Waals surface area contributed by atoms with Crippen molar-refractivity contribution in [3.05, 3.63) is 30.5 Å². The van der Waals surface area contributed by atoms with Gasteiger partial charge < -0.3 is 5.11 Å². The maximum Gasteiger partial charge on any atom is 0.183 e. The molecular formula is C12H10N4OS. The van der Waals surface area contributed by atoms with Crippen molar-refractivity contribution in [3.63, 3.8) is 0 Å². The number of aromatic nitrogens is 1. The van der Waals surface area contributed by atoms with Crippen molar-refractivity contribution < 1.29 is 5.11 Å². The highest BCUT2D eigenvalue weighted by atomic mass is 32.2. The number of nitrogens with zero attached hydrogens (tertiary/aromatic N) is 3. The van der Waals surface area contributed by atoms with Gasteiger partial charge >= 0.3 is 0 Å². The number of phenolic OH excluding ortho intramolecular Hbond substituents is 1. The average Bonchev–Trinajstić information content (AvgIpc) is 2.41. The number of hydrogen-bond acceptors (Lipinski definition) is 5. The first kappa shape index (κ1) is 12.2. The highest BCUT2D eigenvalue weighted by Gasteiger charge is 2.07. The summed E-state index contributed by atoms with van der Waals surface area (Å²) in [5.74, 6) is 0.0572. The summed E-state index contributed by atoms with van der Waals surface area (Å²) in [6.07, 6.45) is 5.28. The molecule has 6 heteroatoms. The Kier molecular flexibility index (Phi) is 3.65. The molecule has 0 amide bonds. The molecule has 0 radical (unpaired) electrons. The average molecular weight is 258 g/mol. The van der Waals surface area contributed by atoms with Gasteiger partial charge in [0, 0.05) is 11.6 Å². The van der Waals surface area contributed by atoms with Crippen LogP contribution < -0.4 is 5.32 Å². The van der Waals surface area contributed by atoms with Gasteiger partial charge in [-0.25, -0.2) is 4.99 Å². The van der Waals surface area contributed by atoms with Crippen LogP contribution in [0.3, 0.4) is 0 Å². The molecule has 90 valence electrons. The molecule has 0 spiro atoms. The third kappa shape index (κ3) is 2.36. The van der Waals surface area contributed by atoms with E-state index in [0.29, 0.717) is 10.9 Å². The fourth-order valence-electron chi connectivity index (χ4n) is 1.52. The van der Waals surface area contributed by atoms with Crippen molar-refractivity contribution in [1.29, 1.82) is 5.26 Å². The Bertz CT molecular complexity index is 648. The Morgan fingerprint density at radius 2 is 2.33 bits per heavy atom. The largest absolute Gasteiger partial charge is 0.506 e. The monoisotopic (exact) mass is 258 g/mol. The van der Waals surface area contributed by atoms with Crippen molar-refractivity contribution in [2.45, 2.75) is 0 Å². The van der Waals surface area contributed by atoms with Gasteiger partial charge in [0.15, 0.2) is 11.4 Å². The van der Waals surface area contributed by atoms with Gasteiger partial charge in [0.2, 0.25) is 0 Å². The molecule has 5 nitrogen and oxygen atoms in total. The van der Waals surface area contributed by atoms with E-state index >= 15 is 0 Å². The number of fused-ring (bicyclic) bond motifs is 1. The number of phenols is 1. The van der Waals surface area contributed by atoms with Crippen LogP contribution >= 0.6 is 11.8 Å². The van der Waals surface area contributed by atoms with E-state index in [0.717, 1.165) is 10.9 Å². The normalized spacial score (nSPS) is 11.2. The van der Waals surface area contributed by atoms with Gasteiger partial charge in [0.05, 0.1) is 5.52 Å². The Labute approximate surface area is 108 Å². The topological polar surface area (TPSA) is 81.3 Å². The summed E-state index contributed by atoms with van der Waals surface area (Å²) in [5, 5.41) is 22.1. The van der Waals surface area contributed by atoms with E-state index in [1.807, 2.05) is 12.3 Å². The van der Waals surface area contributed by atoms with Crippen molar-refractivity contribution in [1.82, 2.24) is 10.3 Å². The molecule has 0 fully saturated rings. The molecule has 2 rings (SSSR count). The second-order valence-corrected chi connectivity index (χ2v) is 4.16. The minimum Gasteiger partial charge on any atom is -0.506 e. The van der Waals surface area contributed by atoms with E-state index in [2.05, 4.69) is 15.3 Å². The molecule has 1 aromatic heterocycles. The first-order chi connectivity index (χ1) is 8.76. The number of aliphatic imine (C=N–C) groups is 1. The molecule has 1 heterocycles. The Hall–Kier alpha value is -2.26. The number of thioether (sulfide) groups is 1. The quantitative estimate of drug-likeness (QED) is 0.355. The standard InChI is InChI=1S/C12H10N4OS/c1-18-12(15-7-13)16-11-8-3-2-6-14-9(8)4-5-10(11)17/h2-6,17H,1H3,(H,15,16). The van der Waals surface area contributed by atoms with Gasteiger partial charge in [-0.05, 0) is 30.5 Å². The third-order valence-electron chi connectivity index (χ3n) is 2.30. The molecule has 0 aliphatic heterocycles. The van der Waals surface area contributed by atoms with Gasteiger partial charge in [-0.3, -0.25) is 10.3 Å². The number of nitriles is 1. The van der Waals surface area contributed by atoms with E-state index in [-0.39, 0.29) is 5.75 Å². The number of benzene rings is 1. The summed E-state index contributed by atoms with van der Waals surface area (Å²) in [7, 11) is 0. The fourth-order valence-corrected chi connectivity index (χ4v) is 1.85. The lowest BCUT2D eigenvalue weighted by molar-refractivity contribution is 0.477. The number of pyridine rings is 1. The molecule has 18 heavy (non-hydrogen) atoms. The first-order valence-electron chi connectivity index (χ1n) is 5.10. The van der Waals surface area contributed by atoms with Crippen LogP contribution in [0.15, 0.2) is 35.5 Å². The molecule has 0 bridgehead atoms. The zero-order chi connectivity index (χ0) is 13.0. The predicted molar refractivity (Wildman–Crippen MR) is 72.8 cm³/mol. The van der Waals surface area contributed by atoms with Crippen molar-refractivity contribution in [3.8, 4) is 11.9 Å². The van der Waals surface area contributed by atoms with E-state index in [1.165, 1.54) is 11.8 Å². The number of hydrogen-bond donors (Lipinski definition) is 2. The molecule has 2 N–H and O–H groups in total. The summed E-state index contributed by atoms with van der Waals surface area (Å²) < 4.78 is 0. The van der Waals surface area contributed by atoms with Gasteiger partial charge in [0.1, 0.15) is 11.4 Å². The molecule has 0 saturated carbocycles. The van der Waals surface area contributed by atoms with E-state index in [4.69, 9.17) is 5.26 Å². The van der Waals surface area contributed by atoms with Gasteiger partial charge in [0.25, 0.3) is 0 Å². The summed E-state index contributed by atoms with van der Waals surface area (Å²) in [6, 6.07) is 6.86. The number of nitrogens with one attached hydrogen (secondary N) is 1. The second kappa shape index (κ2) is 5.38. The minimum atomic E-state index is 0.0572. The Morgan fingerprint density at radius 1 is 1.50 bits per heavy atom. The SMILES string of the molecule is CSC(=Nc1c(O)ccc2ncccc12)NC#N. The van der Waals surface area contributed by atoms with Crippen LogP contribution in [-0.4, -0.2) is 21.5 Å². The van der Waals surface area contributed by atoms with Gasteiger partial charge in [-0.1, -0.05) is 11.8 Å². The van der Waals surface area contributed by atoms with E-state index < -0.39 is 0 Å². The summed E-state index contributed by atoms with van der Waals surface area (Å²) >= 11 is 1.29. The van der Waals surface area contributed by atoms with E-state index in [9.17, 15) is 5.11 Å². The zero-order valence-corrected chi connectivity index (χ0v) is 10.4. The molecule has 2 aromatic rings. The molecular weight excluding hydrogens is 248 g/mol. The minimum absolute atomic E-state index is 0.0572. The molecule has 0 aliphatic carbocycles. The van der Waals surface area contributed by atoms with Crippen molar-refractivity contribution in [2.75, 3.05) is 6.26 Å². The molecule has 0 aliphatic rings. The lowest BCUT2D eigenvalue weighted by atomic mass is 10.1. The lowest BCUT2D eigenvalue weighted by Crippen LogP contribution is -2.12. The Balaban J connectivity index is 2.63. The van der Waals surface area contributed by atoms with Gasteiger partial charge in [-0.15, -0.1) is 0 Å². The van der Waals surface area contributed by atoms with Gasteiger partial charge in [-0.2, -0.15) is 5.26 Å². The molecule has 0 atom stereocenters. The van der Waals surface area contributed by atoms with Crippen LogP contribution in [0.2, 0.25) is 0 Å². The van der Waals surface area contributed by atoms with Crippen LogP contribution in [0.5, 0.6) is 5.75 Å². The van der Waals surface area contributed by atoms with Crippen LogP contribution in [-0.2, 0) is 0 Å². The second-order valence-electron chi connectivity index (χ2n) is 3.36. The van der Waals surface area contributed by atoms with E-state index in [1.54, 1.807) is 30.7 Å². The number of rotatable bonds is 1. The number of aromatic hydroxyl groups is 1. The predicted octanol–water partition coefficient (Wildman–Crippen LogP) is 2.36. The van der Waals surface area contributed by atoms with Crippen LogP contribution in [0.4, 0.5) is 5.69 Å². The summed E-state index contributed by atoms with van der Waals surface area (Å²) in [6.45, 7) is 0.